The molecule has 3 aromatic rings. The summed E-state index contributed by atoms with van der Waals surface area (Å²) in [4.78, 5) is 29.3. The molecule has 1 fully saturated rings. The van der Waals surface area contributed by atoms with Gasteiger partial charge >= 0.3 is 0 Å². The quantitative estimate of drug-likeness (QED) is 0.657. The van der Waals surface area contributed by atoms with E-state index in [1.54, 1.807) is 6.33 Å². The maximum absolute atomic E-state index is 13.0. The van der Waals surface area contributed by atoms with Crippen LogP contribution in [-0.4, -0.2) is 45.1 Å². The van der Waals surface area contributed by atoms with Gasteiger partial charge in [-0.1, -0.05) is 6.42 Å². The maximum Gasteiger partial charge on any atom is 0.229 e. The summed E-state index contributed by atoms with van der Waals surface area (Å²) in [6.45, 7) is 5.06. The highest BCUT2D eigenvalue weighted by atomic mass is 16.5. The topological polar surface area (TPSA) is 85.2 Å². The Morgan fingerprint density at radius 2 is 2.00 bits per heavy atom. The summed E-state index contributed by atoms with van der Waals surface area (Å²) >= 11 is 0. The highest BCUT2D eigenvalue weighted by Crippen LogP contribution is 2.30. The van der Waals surface area contributed by atoms with Gasteiger partial charge in [0.1, 0.15) is 17.9 Å². The molecule has 5 rings (SSSR count). The lowest BCUT2D eigenvalue weighted by Crippen LogP contribution is -2.41. The Labute approximate surface area is 188 Å². The number of fused-ring (bicyclic) bond motifs is 3. The third-order valence-electron chi connectivity index (χ3n) is 6.40. The standard InChI is InChI=1S/C24H30N6O2/c1-2-32-19-11-9-18(10-12-19)27-24(31)17-7-6-13-29(15-17)22-21-23(26-16-25-22)30-14-5-3-4-8-20(30)28-21/h9-12,16-17H,2-8,13-15H2,1H3,(H,27,31)/t17-/m0/s1. The summed E-state index contributed by atoms with van der Waals surface area (Å²) in [5.74, 6) is 2.72. The number of aryl methyl sites for hydroxylation is 2. The number of carbonyl (C=O) groups is 1. The van der Waals surface area contributed by atoms with Crippen molar-refractivity contribution in [1.82, 2.24) is 19.5 Å². The second-order valence-electron chi connectivity index (χ2n) is 8.59. The van der Waals surface area contributed by atoms with Crippen LogP contribution >= 0.6 is 0 Å². The van der Waals surface area contributed by atoms with E-state index in [0.717, 1.165) is 73.0 Å². The van der Waals surface area contributed by atoms with Crippen LogP contribution in [0.1, 0.15) is 44.9 Å². The highest BCUT2D eigenvalue weighted by Gasteiger charge is 2.29. The molecule has 168 valence electrons. The average molecular weight is 435 g/mol. The van der Waals surface area contributed by atoms with Gasteiger partial charge in [0.05, 0.1) is 12.5 Å². The number of nitrogens with one attached hydrogen (secondary N) is 1. The zero-order valence-corrected chi connectivity index (χ0v) is 18.6. The fraction of sp³-hybridized carbons (Fsp3) is 0.500. The number of piperidine rings is 1. The van der Waals surface area contributed by atoms with Gasteiger partial charge in [0.15, 0.2) is 17.0 Å². The smallest absolute Gasteiger partial charge is 0.229 e. The predicted octanol–water partition coefficient (Wildman–Crippen LogP) is 3.81. The van der Waals surface area contributed by atoms with Crippen molar-refractivity contribution in [3.63, 3.8) is 0 Å². The normalized spacial score (nSPS) is 18.8. The molecular weight excluding hydrogens is 404 g/mol. The highest BCUT2D eigenvalue weighted by molar-refractivity contribution is 5.93. The monoisotopic (exact) mass is 434 g/mol. The SMILES string of the molecule is CCOc1ccc(NC(=O)[C@H]2CCCN(c3ncnc4c3nc3n4CCCCC3)C2)cc1. The van der Waals surface area contributed by atoms with E-state index >= 15 is 0 Å². The zero-order chi connectivity index (χ0) is 21.9. The fourth-order valence-corrected chi connectivity index (χ4v) is 4.79. The third-order valence-corrected chi connectivity index (χ3v) is 6.40. The molecule has 0 saturated carbocycles. The van der Waals surface area contributed by atoms with E-state index < -0.39 is 0 Å². The number of imidazole rings is 1. The molecule has 8 nitrogen and oxygen atoms in total. The maximum atomic E-state index is 13.0. The Morgan fingerprint density at radius 1 is 1.12 bits per heavy atom. The Morgan fingerprint density at radius 3 is 2.84 bits per heavy atom. The van der Waals surface area contributed by atoms with Crippen molar-refractivity contribution in [3.8, 4) is 5.75 Å². The Balaban J connectivity index is 1.32. The first-order valence-corrected chi connectivity index (χ1v) is 11.7. The van der Waals surface area contributed by atoms with Gasteiger partial charge in [-0.2, -0.15) is 0 Å². The summed E-state index contributed by atoms with van der Waals surface area (Å²) in [6, 6.07) is 7.53. The van der Waals surface area contributed by atoms with Crippen molar-refractivity contribution >= 4 is 28.6 Å². The van der Waals surface area contributed by atoms with E-state index in [-0.39, 0.29) is 11.8 Å². The van der Waals surface area contributed by atoms with Crippen LogP contribution in [0.4, 0.5) is 11.5 Å². The lowest BCUT2D eigenvalue weighted by molar-refractivity contribution is -0.120. The number of nitrogens with zero attached hydrogens (tertiary/aromatic N) is 5. The third kappa shape index (κ3) is 4.13. The molecule has 2 aliphatic rings. The Bertz CT molecular complexity index is 1090. The molecule has 32 heavy (non-hydrogen) atoms. The van der Waals surface area contributed by atoms with Crippen molar-refractivity contribution in [2.45, 2.75) is 52.0 Å². The molecule has 0 unspecified atom stereocenters. The first-order valence-electron chi connectivity index (χ1n) is 11.7. The summed E-state index contributed by atoms with van der Waals surface area (Å²) in [5, 5.41) is 3.06. The number of hydrogen-bond donors (Lipinski definition) is 1. The number of anilines is 2. The number of ether oxygens (including phenoxy) is 1. The van der Waals surface area contributed by atoms with Crippen molar-refractivity contribution in [1.29, 1.82) is 0 Å². The van der Waals surface area contributed by atoms with Crippen LogP contribution in [0.25, 0.3) is 11.2 Å². The molecule has 1 N–H and O–H groups in total. The van der Waals surface area contributed by atoms with E-state index in [4.69, 9.17) is 9.72 Å². The summed E-state index contributed by atoms with van der Waals surface area (Å²) in [7, 11) is 0. The summed E-state index contributed by atoms with van der Waals surface area (Å²) in [5.41, 5.74) is 2.59. The molecule has 8 heteroatoms. The molecule has 0 bridgehead atoms. The molecule has 1 saturated heterocycles. The van der Waals surface area contributed by atoms with E-state index in [1.165, 1.54) is 12.8 Å². The fourth-order valence-electron chi connectivity index (χ4n) is 4.79. The van der Waals surface area contributed by atoms with Crippen LogP contribution in [0.3, 0.4) is 0 Å². The number of benzene rings is 1. The minimum Gasteiger partial charge on any atom is -0.494 e. The molecule has 0 aliphatic carbocycles. The first-order chi connectivity index (χ1) is 15.7. The second-order valence-corrected chi connectivity index (χ2v) is 8.59. The van der Waals surface area contributed by atoms with Gasteiger partial charge in [-0.15, -0.1) is 0 Å². The number of carbonyl (C=O) groups excluding carboxylic acids is 1. The minimum absolute atomic E-state index is 0.0461. The van der Waals surface area contributed by atoms with Gasteiger partial charge in [0, 0.05) is 31.7 Å². The predicted molar refractivity (Wildman–Crippen MR) is 124 cm³/mol. The molecule has 1 amide bonds. The molecule has 2 aromatic heterocycles. The average Bonchev–Trinajstić information content (AvgIpc) is 3.01. The van der Waals surface area contributed by atoms with Crippen molar-refractivity contribution < 1.29 is 9.53 Å². The lowest BCUT2D eigenvalue weighted by atomic mass is 9.97. The van der Waals surface area contributed by atoms with E-state index in [2.05, 4.69) is 24.8 Å². The van der Waals surface area contributed by atoms with Gasteiger partial charge < -0.3 is 19.5 Å². The summed E-state index contributed by atoms with van der Waals surface area (Å²) in [6.07, 6.45) is 8.01. The van der Waals surface area contributed by atoms with Gasteiger partial charge in [-0.3, -0.25) is 4.79 Å². The van der Waals surface area contributed by atoms with Crippen molar-refractivity contribution in [2.75, 3.05) is 29.9 Å². The minimum atomic E-state index is -0.0965. The van der Waals surface area contributed by atoms with Crippen LogP contribution in [0.5, 0.6) is 5.75 Å². The number of hydrogen-bond acceptors (Lipinski definition) is 6. The van der Waals surface area contributed by atoms with Gasteiger partial charge in [-0.05, 0) is 56.9 Å². The molecule has 4 heterocycles. The lowest BCUT2D eigenvalue weighted by Gasteiger charge is -2.32. The van der Waals surface area contributed by atoms with Crippen LogP contribution < -0.4 is 15.0 Å². The summed E-state index contributed by atoms with van der Waals surface area (Å²) < 4.78 is 7.74. The Kier molecular flexibility index (Phi) is 5.92. The number of amides is 1. The van der Waals surface area contributed by atoms with Crippen LogP contribution in [0, 0.1) is 5.92 Å². The van der Waals surface area contributed by atoms with Crippen LogP contribution in [0.2, 0.25) is 0 Å². The van der Waals surface area contributed by atoms with E-state index in [1.807, 2.05) is 31.2 Å². The second kappa shape index (κ2) is 9.14. The van der Waals surface area contributed by atoms with Gasteiger partial charge in [0.2, 0.25) is 5.91 Å². The van der Waals surface area contributed by atoms with Crippen LogP contribution in [-0.2, 0) is 17.8 Å². The van der Waals surface area contributed by atoms with E-state index in [9.17, 15) is 4.79 Å². The Hall–Kier alpha value is -3.16. The van der Waals surface area contributed by atoms with Gasteiger partial charge in [0.25, 0.3) is 0 Å². The van der Waals surface area contributed by atoms with E-state index in [0.29, 0.717) is 13.2 Å². The number of rotatable bonds is 5. The molecular formula is C24H30N6O2. The molecule has 2 aliphatic heterocycles. The molecule has 0 spiro atoms. The molecule has 1 atom stereocenters. The van der Waals surface area contributed by atoms with Crippen molar-refractivity contribution in [2.24, 2.45) is 5.92 Å². The molecule has 0 radical (unpaired) electrons. The zero-order valence-electron chi connectivity index (χ0n) is 18.6. The van der Waals surface area contributed by atoms with Crippen molar-refractivity contribution in [3.05, 3.63) is 36.4 Å². The number of aromatic nitrogens is 4. The first kappa shape index (κ1) is 20.7. The molecule has 1 aromatic carbocycles. The van der Waals surface area contributed by atoms with Gasteiger partial charge in [-0.25, -0.2) is 15.0 Å². The largest absolute Gasteiger partial charge is 0.494 e. The van der Waals surface area contributed by atoms with Crippen LogP contribution in [0.15, 0.2) is 30.6 Å².